The Morgan fingerprint density at radius 2 is 2.14 bits per heavy atom. The van der Waals surface area contributed by atoms with Crippen molar-refractivity contribution in [3.8, 4) is 5.75 Å². The van der Waals surface area contributed by atoms with Crippen molar-refractivity contribution in [1.29, 1.82) is 0 Å². The van der Waals surface area contributed by atoms with E-state index in [0.717, 1.165) is 0 Å². The number of rotatable bonds is 5. The molecule has 0 spiro atoms. The third kappa shape index (κ3) is 3.62. The van der Waals surface area contributed by atoms with Crippen molar-refractivity contribution >= 4 is 39.1 Å². The molecule has 0 aliphatic carbocycles. The zero-order chi connectivity index (χ0) is 15.4. The molecular weight excluding hydrogens is 358 g/mol. The Morgan fingerprint density at radius 3 is 2.71 bits per heavy atom. The van der Waals surface area contributed by atoms with Gasteiger partial charge in [0.25, 0.3) is 5.91 Å². The summed E-state index contributed by atoms with van der Waals surface area (Å²) < 4.78 is 5.64. The average molecular weight is 370 g/mol. The summed E-state index contributed by atoms with van der Waals surface area (Å²) in [5.74, 6) is -1.07. The SMILES string of the molecule is COc1ccc(Br)c(C(=O)NC(C(=O)O)c2cccs2)c1. The largest absolute Gasteiger partial charge is 0.497 e. The minimum absolute atomic E-state index is 0.317. The Morgan fingerprint density at radius 1 is 1.38 bits per heavy atom. The van der Waals surface area contributed by atoms with Crippen LogP contribution in [-0.4, -0.2) is 24.1 Å². The third-order valence-corrected chi connectivity index (χ3v) is 4.40. The lowest BCUT2D eigenvalue weighted by atomic mass is 10.1. The number of nitrogens with one attached hydrogen (secondary N) is 1. The first-order valence-electron chi connectivity index (χ1n) is 5.93. The van der Waals surface area contributed by atoms with Gasteiger partial charge in [-0.3, -0.25) is 4.79 Å². The van der Waals surface area contributed by atoms with Crippen molar-refractivity contribution in [1.82, 2.24) is 5.32 Å². The summed E-state index contributed by atoms with van der Waals surface area (Å²) in [4.78, 5) is 24.2. The van der Waals surface area contributed by atoms with Crippen LogP contribution in [0.3, 0.4) is 0 Å². The first-order chi connectivity index (χ1) is 10.0. The minimum Gasteiger partial charge on any atom is -0.497 e. The van der Waals surface area contributed by atoms with Crippen molar-refractivity contribution in [3.63, 3.8) is 0 Å². The molecule has 0 aliphatic heterocycles. The van der Waals surface area contributed by atoms with Gasteiger partial charge in [0.05, 0.1) is 12.7 Å². The van der Waals surface area contributed by atoms with Crippen molar-refractivity contribution in [2.75, 3.05) is 7.11 Å². The highest BCUT2D eigenvalue weighted by molar-refractivity contribution is 9.10. The van der Waals surface area contributed by atoms with Crippen LogP contribution < -0.4 is 10.1 Å². The molecule has 2 aromatic rings. The standard InChI is InChI=1S/C14H12BrNO4S/c1-20-8-4-5-10(15)9(7-8)13(17)16-12(14(18)19)11-3-2-6-21-11/h2-7,12H,1H3,(H,16,17)(H,18,19). The van der Waals surface area contributed by atoms with Gasteiger partial charge in [0.2, 0.25) is 0 Å². The van der Waals surface area contributed by atoms with E-state index in [9.17, 15) is 14.7 Å². The topological polar surface area (TPSA) is 75.6 Å². The lowest BCUT2D eigenvalue weighted by Gasteiger charge is -2.14. The zero-order valence-electron chi connectivity index (χ0n) is 11.0. The number of thiophene rings is 1. The number of hydrogen-bond donors (Lipinski definition) is 2. The normalized spacial score (nSPS) is 11.7. The fraction of sp³-hybridized carbons (Fsp3) is 0.143. The first kappa shape index (κ1) is 15.5. The van der Waals surface area contributed by atoms with Gasteiger partial charge in [-0.1, -0.05) is 6.07 Å². The van der Waals surface area contributed by atoms with Gasteiger partial charge >= 0.3 is 5.97 Å². The maximum Gasteiger partial charge on any atom is 0.331 e. The van der Waals surface area contributed by atoms with Crippen molar-refractivity contribution in [2.45, 2.75) is 6.04 Å². The lowest BCUT2D eigenvalue weighted by Crippen LogP contribution is -2.33. The summed E-state index contributed by atoms with van der Waals surface area (Å²) in [6.07, 6.45) is 0. The number of carbonyl (C=O) groups excluding carboxylic acids is 1. The number of carboxylic acids is 1. The zero-order valence-corrected chi connectivity index (χ0v) is 13.4. The lowest BCUT2D eigenvalue weighted by molar-refractivity contribution is -0.139. The highest BCUT2D eigenvalue weighted by atomic mass is 79.9. The highest BCUT2D eigenvalue weighted by Crippen LogP contribution is 2.24. The van der Waals surface area contributed by atoms with Gasteiger partial charge in [-0.15, -0.1) is 11.3 Å². The molecule has 5 nitrogen and oxygen atoms in total. The fourth-order valence-electron chi connectivity index (χ4n) is 1.72. The molecule has 1 heterocycles. The molecule has 2 rings (SSSR count). The highest BCUT2D eigenvalue weighted by Gasteiger charge is 2.24. The summed E-state index contributed by atoms with van der Waals surface area (Å²) >= 11 is 4.55. The van der Waals surface area contributed by atoms with E-state index in [1.807, 2.05) is 0 Å². The van der Waals surface area contributed by atoms with E-state index in [-0.39, 0.29) is 0 Å². The van der Waals surface area contributed by atoms with Gasteiger partial charge in [-0.2, -0.15) is 0 Å². The molecule has 0 bridgehead atoms. The van der Waals surface area contributed by atoms with E-state index in [1.54, 1.807) is 35.7 Å². The van der Waals surface area contributed by atoms with Crippen LogP contribution in [0.1, 0.15) is 21.3 Å². The number of carboxylic acid groups (broad SMARTS) is 1. The molecule has 7 heteroatoms. The molecule has 0 saturated carbocycles. The number of aliphatic carboxylic acids is 1. The van der Waals surface area contributed by atoms with E-state index in [2.05, 4.69) is 21.2 Å². The van der Waals surface area contributed by atoms with Crippen LogP contribution in [0.5, 0.6) is 5.75 Å². The predicted octanol–water partition coefficient (Wildman–Crippen LogP) is 3.07. The van der Waals surface area contributed by atoms with Gasteiger partial charge in [0, 0.05) is 9.35 Å². The van der Waals surface area contributed by atoms with Crippen molar-refractivity contribution < 1.29 is 19.4 Å². The second-order valence-electron chi connectivity index (χ2n) is 4.11. The number of hydrogen-bond acceptors (Lipinski definition) is 4. The van der Waals surface area contributed by atoms with Gasteiger partial charge < -0.3 is 15.2 Å². The van der Waals surface area contributed by atoms with Gasteiger partial charge in [-0.25, -0.2) is 4.79 Å². The molecule has 1 atom stereocenters. The molecule has 1 aromatic heterocycles. The molecule has 0 aliphatic rings. The molecule has 0 saturated heterocycles. The first-order valence-corrected chi connectivity index (χ1v) is 7.61. The number of carbonyl (C=O) groups is 2. The molecule has 1 amide bonds. The Labute approximate surface area is 133 Å². The molecule has 0 fully saturated rings. The van der Waals surface area contributed by atoms with Crippen molar-refractivity contribution in [3.05, 3.63) is 50.6 Å². The summed E-state index contributed by atoms with van der Waals surface area (Å²) in [7, 11) is 1.50. The summed E-state index contributed by atoms with van der Waals surface area (Å²) in [5.41, 5.74) is 0.317. The number of benzene rings is 1. The molecule has 1 aromatic carbocycles. The Hall–Kier alpha value is -1.86. The Kier molecular flexibility index (Phi) is 4.98. The summed E-state index contributed by atoms with van der Waals surface area (Å²) in [5, 5.41) is 13.5. The van der Waals surface area contributed by atoms with E-state index < -0.39 is 17.9 Å². The predicted molar refractivity (Wildman–Crippen MR) is 82.9 cm³/mol. The molecule has 2 N–H and O–H groups in total. The Balaban J connectivity index is 2.25. The fourth-order valence-corrected chi connectivity index (χ4v) is 2.92. The van der Waals surface area contributed by atoms with Crippen LogP contribution in [0.25, 0.3) is 0 Å². The van der Waals surface area contributed by atoms with E-state index in [0.29, 0.717) is 20.7 Å². The van der Waals surface area contributed by atoms with Gasteiger partial charge in [-0.05, 0) is 45.6 Å². The third-order valence-electron chi connectivity index (χ3n) is 2.77. The number of ether oxygens (including phenoxy) is 1. The van der Waals surface area contributed by atoms with Gasteiger partial charge in [0.1, 0.15) is 5.75 Å². The number of halogens is 1. The van der Waals surface area contributed by atoms with Crippen LogP contribution in [0.2, 0.25) is 0 Å². The molecule has 1 unspecified atom stereocenters. The van der Waals surface area contributed by atoms with E-state index >= 15 is 0 Å². The van der Waals surface area contributed by atoms with Gasteiger partial charge in [0.15, 0.2) is 6.04 Å². The Bertz CT molecular complexity index is 657. The van der Waals surface area contributed by atoms with E-state index in [1.165, 1.54) is 18.4 Å². The van der Waals surface area contributed by atoms with Crippen LogP contribution >= 0.6 is 27.3 Å². The molecule has 21 heavy (non-hydrogen) atoms. The maximum atomic E-state index is 12.3. The summed E-state index contributed by atoms with van der Waals surface area (Å²) in [6.45, 7) is 0. The van der Waals surface area contributed by atoms with Crippen LogP contribution in [0.15, 0.2) is 40.2 Å². The van der Waals surface area contributed by atoms with Crippen LogP contribution in [-0.2, 0) is 4.79 Å². The average Bonchev–Trinajstić information content (AvgIpc) is 2.98. The summed E-state index contributed by atoms with van der Waals surface area (Å²) in [6, 6.07) is 7.26. The second-order valence-corrected chi connectivity index (χ2v) is 5.94. The molecule has 110 valence electrons. The number of amides is 1. The van der Waals surface area contributed by atoms with Crippen LogP contribution in [0.4, 0.5) is 0 Å². The smallest absolute Gasteiger partial charge is 0.331 e. The van der Waals surface area contributed by atoms with Crippen molar-refractivity contribution in [2.24, 2.45) is 0 Å². The number of methoxy groups -OCH3 is 1. The monoisotopic (exact) mass is 369 g/mol. The quantitative estimate of drug-likeness (QED) is 0.848. The molecular formula is C14H12BrNO4S. The maximum absolute atomic E-state index is 12.3. The molecule has 0 radical (unpaired) electrons. The van der Waals surface area contributed by atoms with Crippen LogP contribution in [0, 0.1) is 0 Å². The second kappa shape index (κ2) is 6.73. The van der Waals surface area contributed by atoms with E-state index in [4.69, 9.17) is 4.74 Å². The minimum atomic E-state index is -1.11.